The number of carbonyl (C=O) groups excluding carboxylic acids is 2. The van der Waals surface area contributed by atoms with Crippen molar-refractivity contribution in [2.75, 3.05) is 18.0 Å². The van der Waals surface area contributed by atoms with Gasteiger partial charge in [-0.1, -0.05) is 24.3 Å². The van der Waals surface area contributed by atoms with Crippen LogP contribution in [0.4, 0.5) is 18.9 Å². The molecule has 2 amide bonds. The summed E-state index contributed by atoms with van der Waals surface area (Å²) in [5.41, 5.74) is 11.8. The topological polar surface area (TPSA) is 98.9 Å². The van der Waals surface area contributed by atoms with Crippen molar-refractivity contribution in [3.8, 4) is 5.75 Å². The molecular formula is C33H37F3N4O3. The number of fused-ring (bicyclic) bond motifs is 2. The lowest BCUT2D eigenvalue weighted by molar-refractivity contribution is -0.138. The van der Waals surface area contributed by atoms with E-state index < -0.39 is 17.8 Å². The van der Waals surface area contributed by atoms with Crippen molar-refractivity contribution in [3.63, 3.8) is 0 Å². The van der Waals surface area contributed by atoms with Crippen LogP contribution >= 0.6 is 0 Å². The molecule has 5 rings (SSSR count). The fourth-order valence-corrected chi connectivity index (χ4v) is 6.42. The Bertz CT molecular complexity index is 1530. The van der Waals surface area contributed by atoms with E-state index in [1.807, 2.05) is 36.9 Å². The molecule has 228 valence electrons. The summed E-state index contributed by atoms with van der Waals surface area (Å²) < 4.78 is 41.1. The molecule has 0 aliphatic carbocycles. The van der Waals surface area contributed by atoms with Gasteiger partial charge in [0.25, 0.3) is 0 Å². The van der Waals surface area contributed by atoms with Crippen molar-refractivity contribution >= 4 is 17.5 Å². The highest BCUT2D eigenvalue weighted by Gasteiger charge is 2.36. The fraction of sp³-hybridized carbons (Fsp3) is 0.394. The summed E-state index contributed by atoms with van der Waals surface area (Å²) in [7, 11) is 0. The first kappa shape index (κ1) is 30.6. The maximum absolute atomic E-state index is 13.7. The van der Waals surface area contributed by atoms with Crippen molar-refractivity contribution in [2.45, 2.75) is 71.4 Å². The SMILES string of the molecule is CC(=O)N1CC[C@@H](NC(=O)[C@@H](N)Cc2c(C)cc(O)cc2C)c2cc(CN3CCc4cccc(C(F)(F)F)c4C3)ccc21. The molecule has 43 heavy (non-hydrogen) atoms. The van der Waals surface area contributed by atoms with Gasteiger partial charge in [0.2, 0.25) is 11.8 Å². The minimum Gasteiger partial charge on any atom is -0.508 e. The quantitative estimate of drug-likeness (QED) is 0.370. The second kappa shape index (κ2) is 12.0. The third-order valence-electron chi connectivity index (χ3n) is 8.60. The minimum absolute atomic E-state index is 0.110. The molecular weight excluding hydrogens is 557 g/mol. The van der Waals surface area contributed by atoms with Crippen molar-refractivity contribution in [1.29, 1.82) is 0 Å². The summed E-state index contributed by atoms with van der Waals surface area (Å²) in [4.78, 5) is 29.4. The van der Waals surface area contributed by atoms with Crippen LogP contribution in [0.15, 0.2) is 48.5 Å². The van der Waals surface area contributed by atoms with Gasteiger partial charge in [0, 0.05) is 38.8 Å². The van der Waals surface area contributed by atoms with E-state index in [4.69, 9.17) is 5.73 Å². The molecule has 3 aromatic rings. The van der Waals surface area contributed by atoms with E-state index in [1.165, 1.54) is 13.0 Å². The van der Waals surface area contributed by atoms with Crippen LogP contribution < -0.4 is 16.0 Å². The first-order valence-electron chi connectivity index (χ1n) is 14.5. The Kier molecular flexibility index (Phi) is 8.54. The zero-order valence-electron chi connectivity index (χ0n) is 24.6. The summed E-state index contributed by atoms with van der Waals surface area (Å²) in [6.07, 6.45) is -3.09. The van der Waals surface area contributed by atoms with Crippen molar-refractivity contribution < 1.29 is 27.9 Å². The maximum atomic E-state index is 13.7. The second-order valence-electron chi connectivity index (χ2n) is 11.7. The molecule has 0 spiro atoms. The summed E-state index contributed by atoms with van der Waals surface area (Å²) in [5.74, 6) is -0.270. The minimum atomic E-state index is -4.41. The van der Waals surface area contributed by atoms with Crippen molar-refractivity contribution in [3.05, 3.63) is 93.0 Å². The molecule has 2 atom stereocenters. The molecule has 0 saturated carbocycles. The normalized spacial score (nSPS) is 17.7. The molecule has 0 saturated heterocycles. The number of aromatic hydroxyl groups is 1. The number of hydrogen-bond acceptors (Lipinski definition) is 5. The average Bonchev–Trinajstić information content (AvgIpc) is 2.94. The average molecular weight is 595 g/mol. The summed E-state index contributed by atoms with van der Waals surface area (Å²) in [6.45, 7) is 6.90. The standard InChI is InChI=1S/C33H37F3N4O3/c1-19-13-24(42)14-20(2)25(19)16-29(37)32(43)38-30-10-12-40(21(3)41)31-8-7-22(15-26(30)31)17-39-11-9-23-5-4-6-28(27(23)18-39)33(34,35)36/h4-8,13-15,29-30,42H,9-12,16-18,37H2,1-3H3,(H,38,43)/t29-,30+/m0/s1. The molecule has 2 aliphatic heterocycles. The van der Waals surface area contributed by atoms with Gasteiger partial charge in [-0.05, 0) is 96.3 Å². The van der Waals surface area contributed by atoms with Crippen LogP contribution in [0.3, 0.4) is 0 Å². The van der Waals surface area contributed by atoms with Gasteiger partial charge < -0.3 is 21.1 Å². The lowest BCUT2D eigenvalue weighted by Gasteiger charge is -2.35. The Hall–Kier alpha value is -3.89. The van der Waals surface area contributed by atoms with Gasteiger partial charge in [-0.15, -0.1) is 0 Å². The predicted octanol–water partition coefficient (Wildman–Crippen LogP) is 5.07. The van der Waals surface area contributed by atoms with E-state index in [0.717, 1.165) is 39.4 Å². The number of hydrogen-bond donors (Lipinski definition) is 3. The van der Waals surface area contributed by atoms with Crippen LogP contribution in [0.1, 0.15) is 63.9 Å². The Morgan fingerprint density at radius 2 is 1.81 bits per heavy atom. The monoisotopic (exact) mass is 594 g/mol. The number of aryl methyl sites for hydroxylation is 2. The Morgan fingerprint density at radius 3 is 2.49 bits per heavy atom. The highest BCUT2D eigenvalue weighted by molar-refractivity contribution is 5.93. The van der Waals surface area contributed by atoms with Crippen LogP contribution in [0.5, 0.6) is 5.75 Å². The van der Waals surface area contributed by atoms with Gasteiger partial charge in [0.1, 0.15) is 5.75 Å². The number of nitrogens with two attached hydrogens (primary N) is 1. The molecule has 0 aromatic heterocycles. The lowest BCUT2D eigenvalue weighted by Crippen LogP contribution is -2.46. The number of nitrogens with zero attached hydrogens (tertiary/aromatic N) is 2. The molecule has 2 heterocycles. The predicted molar refractivity (Wildman–Crippen MR) is 158 cm³/mol. The zero-order chi connectivity index (χ0) is 31.1. The third-order valence-corrected chi connectivity index (χ3v) is 8.60. The smallest absolute Gasteiger partial charge is 0.416 e. The molecule has 0 radical (unpaired) electrons. The molecule has 0 bridgehead atoms. The van der Waals surface area contributed by atoms with Crippen LogP contribution in [0.25, 0.3) is 0 Å². The van der Waals surface area contributed by atoms with Crippen molar-refractivity contribution in [1.82, 2.24) is 10.2 Å². The highest BCUT2D eigenvalue weighted by Crippen LogP contribution is 2.38. The van der Waals surface area contributed by atoms with Crippen LogP contribution in [-0.4, -0.2) is 41.0 Å². The summed E-state index contributed by atoms with van der Waals surface area (Å²) >= 11 is 0. The van der Waals surface area contributed by atoms with E-state index >= 15 is 0 Å². The van der Waals surface area contributed by atoms with E-state index in [1.54, 1.807) is 23.1 Å². The number of nitrogens with one attached hydrogen (secondary N) is 1. The van der Waals surface area contributed by atoms with E-state index in [9.17, 15) is 27.9 Å². The molecule has 0 fully saturated rings. The lowest BCUT2D eigenvalue weighted by atomic mass is 9.92. The van der Waals surface area contributed by atoms with Gasteiger partial charge in [0.15, 0.2) is 0 Å². The first-order chi connectivity index (χ1) is 20.3. The number of amides is 2. The Balaban J connectivity index is 1.36. The van der Waals surface area contributed by atoms with Gasteiger partial charge in [-0.2, -0.15) is 13.2 Å². The number of benzene rings is 3. The zero-order valence-corrected chi connectivity index (χ0v) is 24.6. The van der Waals surface area contributed by atoms with E-state index in [-0.39, 0.29) is 30.2 Å². The third kappa shape index (κ3) is 6.55. The van der Waals surface area contributed by atoms with E-state index in [0.29, 0.717) is 50.1 Å². The number of alkyl halides is 3. The molecule has 4 N–H and O–H groups in total. The second-order valence-corrected chi connectivity index (χ2v) is 11.7. The van der Waals surface area contributed by atoms with Gasteiger partial charge in [-0.25, -0.2) is 0 Å². The largest absolute Gasteiger partial charge is 0.508 e. The molecule has 2 aliphatic rings. The van der Waals surface area contributed by atoms with Crippen molar-refractivity contribution in [2.24, 2.45) is 5.73 Å². The highest BCUT2D eigenvalue weighted by atomic mass is 19.4. The number of phenolic OH excluding ortho intramolecular Hbond substituents is 1. The van der Waals surface area contributed by atoms with Crippen LogP contribution in [-0.2, 0) is 41.7 Å². The van der Waals surface area contributed by atoms with E-state index in [2.05, 4.69) is 5.32 Å². The van der Waals surface area contributed by atoms with Gasteiger partial charge in [0.05, 0.1) is 17.6 Å². The molecule has 10 heteroatoms. The van der Waals surface area contributed by atoms with Crippen LogP contribution in [0.2, 0.25) is 0 Å². The summed E-state index contributed by atoms with van der Waals surface area (Å²) in [6, 6.07) is 12.1. The van der Waals surface area contributed by atoms with Crippen LogP contribution in [0, 0.1) is 13.8 Å². The number of carbonyl (C=O) groups is 2. The van der Waals surface area contributed by atoms with Gasteiger partial charge >= 0.3 is 6.18 Å². The number of rotatable bonds is 6. The molecule has 7 nitrogen and oxygen atoms in total. The summed E-state index contributed by atoms with van der Waals surface area (Å²) in [5, 5.41) is 12.9. The van der Waals surface area contributed by atoms with Gasteiger partial charge in [-0.3, -0.25) is 14.5 Å². The number of anilines is 1. The number of phenols is 1. The maximum Gasteiger partial charge on any atom is 0.416 e. The fourth-order valence-electron chi connectivity index (χ4n) is 6.42. The Labute approximate surface area is 249 Å². The first-order valence-corrected chi connectivity index (χ1v) is 14.5. The molecule has 3 aromatic carbocycles. The number of halogens is 3. The molecule has 0 unspecified atom stereocenters. The Morgan fingerprint density at radius 1 is 1.09 bits per heavy atom.